The normalized spacial score (nSPS) is 11.1. The predicted octanol–water partition coefficient (Wildman–Crippen LogP) is 4.17. The lowest BCUT2D eigenvalue weighted by atomic mass is 10.2. The van der Waals surface area contributed by atoms with Crippen molar-refractivity contribution in [2.24, 2.45) is 0 Å². The second-order valence-electron chi connectivity index (χ2n) is 4.54. The Morgan fingerprint density at radius 3 is 2.74 bits per heavy atom. The molecule has 0 bridgehead atoms. The number of rotatable bonds is 2. The van der Waals surface area contributed by atoms with Gasteiger partial charge in [-0.25, -0.2) is 4.39 Å². The van der Waals surface area contributed by atoms with Crippen LogP contribution in [0, 0.1) is 5.82 Å². The van der Waals surface area contributed by atoms with Gasteiger partial charge in [0.05, 0.1) is 0 Å². The van der Waals surface area contributed by atoms with Gasteiger partial charge in [0.2, 0.25) is 0 Å². The van der Waals surface area contributed by atoms with Crippen molar-refractivity contribution >= 4 is 32.5 Å². The number of nitrogens with zero attached hydrogens (tertiary/aromatic N) is 1. The Kier molecular flexibility index (Phi) is 3.03. The lowest BCUT2D eigenvalue weighted by Gasteiger charge is -2.07. The Labute approximate surface area is 118 Å². The Hall–Kier alpha value is -1.81. The average Bonchev–Trinajstić information content (AvgIpc) is 2.70. The molecule has 0 aliphatic heterocycles. The minimum atomic E-state index is -0.297. The van der Waals surface area contributed by atoms with Crippen LogP contribution in [0.15, 0.2) is 53.1 Å². The van der Waals surface area contributed by atoms with Gasteiger partial charge in [-0.1, -0.05) is 15.9 Å². The third-order valence-corrected chi connectivity index (χ3v) is 3.56. The predicted molar refractivity (Wildman–Crippen MR) is 79.6 cm³/mol. The van der Waals surface area contributed by atoms with Crippen LogP contribution < -0.4 is 5.73 Å². The minimum absolute atomic E-state index is 0.297. The van der Waals surface area contributed by atoms with Crippen LogP contribution in [0.25, 0.3) is 10.9 Å². The first-order valence-electron chi connectivity index (χ1n) is 5.91. The SMILES string of the molecule is Nc1cc(F)cc(Cn2ccc3cc(Br)ccc32)c1. The van der Waals surface area contributed by atoms with E-state index in [2.05, 4.69) is 26.6 Å². The summed E-state index contributed by atoms with van der Waals surface area (Å²) in [6.07, 6.45) is 2.00. The summed E-state index contributed by atoms with van der Waals surface area (Å²) in [5.74, 6) is -0.297. The lowest BCUT2D eigenvalue weighted by molar-refractivity contribution is 0.625. The van der Waals surface area contributed by atoms with Crippen LogP contribution in [0.2, 0.25) is 0 Å². The zero-order valence-corrected chi connectivity index (χ0v) is 11.7. The van der Waals surface area contributed by atoms with Crippen molar-refractivity contribution in [3.05, 3.63) is 64.5 Å². The van der Waals surface area contributed by atoms with Gasteiger partial charge >= 0.3 is 0 Å². The molecule has 0 saturated carbocycles. The van der Waals surface area contributed by atoms with Gasteiger partial charge in [0.25, 0.3) is 0 Å². The van der Waals surface area contributed by atoms with E-state index < -0.39 is 0 Å². The van der Waals surface area contributed by atoms with Crippen molar-refractivity contribution in [1.82, 2.24) is 4.57 Å². The van der Waals surface area contributed by atoms with Crippen LogP contribution in [-0.4, -0.2) is 4.57 Å². The van der Waals surface area contributed by atoms with Gasteiger partial charge in [-0.3, -0.25) is 0 Å². The quantitative estimate of drug-likeness (QED) is 0.706. The summed E-state index contributed by atoms with van der Waals surface area (Å²) in [5, 5.41) is 1.15. The van der Waals surface area contributed by atoms with E-state index in [-0.39, 0.29) is 5.82 Å². The maximum Gasteiger partial charge on any atom is 0.125 e. The topological polar surface area (TPSA) is 30.9 Å². The van der Waals surface area contributed by atoms with E-state index in [1.807, 2.05) is 24.4 Å². The van der Waals surface area contributed by atoms with Crippen LogP contribution in [0.1, 0.15) is 5.56 Å². The molecule has 0 radical (unpaired) electrons. The molecule has 0 atom stereocenters. The Morgan fingerprint density at radius 2 is 1.95 bits per heavy atom. The second-order valence-corrected chi connectivity index (χ2v) is 5.46. The van der Waals surface area contributed by atoms with Crippen LogP contribution >= 0.6 is 15.9 Å². The average molecular weight is 319 g/mol. The number of aromatic nitrogens is 1. The smallest absolute Gasteiger partial charge is 0.125 e. The Bertz CT molecular complexity index is 729. The van der Waals surface area contributed by atoms with Crippen LogP contribution in [-0.2, 0) is 6.54 Å². The summed E-state index contributed by atoms with van der Waals surface area (Å²) in [6.45, 7) is 0.604. The van der Waals surface area contributed by atoms with Gasteiger partial charge in [-0.05, 0) is 48.0 Å². The summed E-state index contributed by atoms with van der Waals surface area (Å²) in [5.41, 5.74) is 8.09. The molecule has 19 heavy (non-hydrogen) atoms. The molecule has 0 saturated heterocycles. The maximum absolute atomic E-state index is 13.3. The molecular formula is C15H12BrFN2. The molecule has 0 fully saturated rings. The summed E-state index contributed by atoms with van der Waals surface area (Å²) in [7, 11) is 0. The number of hydrogen-bond donors (Lipinski definition) is 1. The molecule has 3 rings (SSSR count). The van der Waals surface area contributed by atoms with Crippen molar-refractivity contribution in [1.29, 1.82) is 0 Å². The van der Waals surface area contributed by atoms with Crippen LogP contribution in [0.4, 0.5) is 10.1 Å². The minimum Gasteiger partial charge on any atom is -0.399 e. The first-order valence-corrected chi connectivity index (χ1v) is 6.70. The summed E-state index contributed by atoms with van der Waals surface area (Å²) in [6, 6.07) is 12.8. The zero-order chi connectivity index (χ0) is 13.4. The van der Waals surface area contributed by atoms with E-state index in [0.717, 1.165) is 20.9 Å². The Morgan fingerprint density at radius 1 is 1.11 bits per heavy atom. The first kappa shape index (κ1) is 12.2. The van der Waals surface area contributed by atoms with Crippen molar-refractivity contribution in [2.75, 3.05) is 5.73 Å². The summed E-state index contributed by atoms with van der Waals surface area (Å²) in [4.78, 5) is 0. The second kappa shape index (κ2) is 4.70. The van der Waals surface area contributed by atoms with Gasteiger partial charge in [-0.15, -0.1) is 0 Å². The molecule has 1 aromatic heterocycles. The highest BCUT2D eigenvalue weighted by Gasteiger charge is 2.04. The molecule has 4 heteroatoms. The molecule has 2 N–H and O–H groups in total. The number of fused-ring (bicyclic) bond motifs is 1. The molecule has 96 valence electrons. The maximum atomic E-state index is 13.3. The van der Waals surface area contributed by atoms with Gasteiger partial charge in [0, 0.05) is 33.8 Å². The van der Waals surface area contributed by atoms with Gasteiger partial charge in [0.1, 0.15) is 5.82 Å². The van der Waals surface area contributed by atoms with Crippen LogP contribution in [0.3, 0.4) is 0 Å². The van der Waals surface area contributed by atoms with Gasteiger partial charge in [0.15, 0.2) is 0 Å². The molecule has 0 aliphatic carbocycles. The van der Waals surface area contributed by atoms with E-state index in [4.69, 9.17) is 5.73 Å². The van der Waals surface area contributed by atoms with E-state index in [0.29, 0.717) is 12.2 Å². The molecule has 2 aromatic carbocycles. The van der Waals surface area contributed by atoms with Crippen molar-refractivity contribution in [3.63, 3.8) is 0 Å². The van der Waals surface area contributed by atoms with E-state index in [9.17, 15) is 4.39 Å². The molecule has 3 aromatic rings. The fraction of sp³-hybridized carbons (Fsp3) is 0.0667. The fourth-order valence-electron chi connectivity index (χ4n) is 2.27. The van der Waals surface area contributed by atoms with Crippen molar-refractivity contribution in [2.45, 2.75) is 6.54 Å². The van der Waals surface area contributed by atoms with E-state index >= 15 is 0 Å². The number of anilines is 1. The number of nitrogen functional groups attached to an aromatic ring is 1. The van der Waals surface area contributed by atoms with Gasteiger partial charge < -0.3 is 10.3 Å². The molecule has 0 spiro atoms. The zero-order valence-electron chi connectivity index (χ0n) is 10.1. The van der Waals surface area contributed by atoms with E-state index in [1.165, 1.54) is 12.1 Å². The standard InChI is InChI=1S/C15H12BrFN2/c16-12-1-2-15-11(7-12)3-4-19(15)9-10-5-13(17)8-14(18)6-10/h1-8H,9,18H2. The highest BCUT2D eigenvalue weighted by molar-refractivity contribution is 9.10. The number of nitrogens with two attached hydrogens (primary N) is 1. The van der Waals surface area contributed by atoms with E-state index in [1.54, 1.807) is 6.07 Å². The highest BCUT2D eigenvalue weighted by Crippen LogP contribution is 2.22. The third-order valence-electron chi connectivity index (χ3n) is 3.07. The van der Waals surface area contributed by atoms with Crippen LogP contribution in [0.5, 0.6) is 0 Å². The third kappa shape index (κ3) is 2.49. The Balaban J connectivity index is 2.01. The lowest BCUT2D eigenvalue weighted by Crippen LogP contribution is -1.99. The fourth-order valence-corrected chi connectivity index (χ4v) is 2.65. The molecular weight excluding hydrogens is 307 g/mol. The largest absolute Gasteiger partial charge is 0.399 e. The summed E-state index contributed by atoms with van der Waals surface area (Å²) >= 11 is 3.45. The number of halogens is 2. The van der Waals surface area contributed by atoms with Crippen molar-refractivity contribution in [3.8, 4) is 0 Å². The number of hydrogen-bond acceptors (Lipinski definition) is 1. The number of benzene rings is 2. The molecule has 0 unspecified atom stereocenters. The van der Waals surface area contributed by atoms with Crippen molar-refractivity contribution < 1.29 is 4.39 Å². The molecule has 1 heterocycles. The monoisotopic (exact) mass is 318 g/mol. The molecule has 2 nitrogen and oxygen atoms in total. The molecule has 0 aliphatic rings. The summed E-state index contributed by atoms with van der Waals surface area (Å²) < 4.78 is 16.5. The first-order chi connectivity index (χ1) is 9.11. The highest BCUT2D eigenvalue weighted by atomic mass is 79.9. The molecule has 0 amide bonds. The van der Waals surface area contributed by atoms with Gasteiger partial charge in [-0.2, -0.15) is 0 Å².